The Morgan fingerprint density at radius 1 is 1.10 bits per heavy atom. The molecule has 0 atom stereocenters. The molecule has 0 heterocycles. The molecule has 2 N–H and O–H groups in total. The number of methoxy groups -OCH3 is 1. The van der Waals surface area contributed by atoms with Gasteiger partial charge in [0.2, 0.25) is 0 Å². The fraction of sp³-hybridized carbons (Fsp3) is 0.500. The number of hydrogen-bond acceptors (Lipinski definition) is 6. The summed E-state index contributed by atoms with van der Waals surface area (Å²) >= 11 is 0. The molecule has 0 radical (unpaired) electrons. The molecule has 0 spiro atoms. The minimum atomic E-state index is -3.63. The number of benzene rings is 1. The highest BCUT2D eigenvalue weighted by atomic mass is 32.2. The first-order chi connectivity index (χ1) is 9.30. The highest BCUT2D eigenvalue weighted by molar-refractivity contribution is 7.95. The highest BCUT2D eigenvalue weighted by Gasteiger charge is 2.20. The molecule has 0 bridgehead atoms. The van der Waals surface area contributed by atoms with E-state index in [2.05, 4.69) is 4.74 Å². The average molecular weight is 321 g/mol. The molecule has 0 aliphatic carbocycles. The molecule has 0 unspecified atom stereocenters. The lowest BCUT2D eigenvalue weighted by molar-refractivity contribution is 0.217. The summed E-state index contributed by atoms with van der Waals surface area (Å²) in [5.41, 5.74) is 6.14. The Balaban J connectivity index is 2.80. The van der Waals surface area contributed by atoms with Gasteiger partial charge in [-0.05, 0) is 17.7 Å². The molecule has 0 aliphatic heterocycles. The molecule has 20 heavy (non-hydrogen) atoms. The van der Waals surface area contributed by atoms with Gasteiger partial charge >= 0.3 is 0 Å². The third-order valence-corrected chi connectivity index (χ3v) is 6.34. The van der Waals surface area contributed by atoms with Gasteiger partial charge in [0, 0.05) is 13.7 Å². The normalized spacial score (nSPS) is 12.5. The van der Waals surface area contributed by atoms with E-state index >= 15 is 0 Å². The lowest BCUT2D eigenvalue weighted by Gasteiger charge is -2.07. The van der Waals surface area contributed by atoms with E-state index in [4.69, 9.17) is 5.73 Å². The van der Waals surface area contributed by atoms with E-state index in [0.29, 0.717) is 5.56 Å². The van der Waals surface area contributed by atoms with Gasteiger partial charge in [0.05, 0.1) is 28.8 Å². The lowest BCUT2D eigenvalue weighted by Crippen LogP contribution is -2.21. The van der Waals surface area contributed by atoms with Gasteiger partial charge in [-0.3, -0.25) is 0 Å². The van der Waals surface area contributed by atoms with Crippen LogP contribution in [0.2, 0.25) is 0 Å². The van der Waals surface area contributed by atoms with Crippen LogP contribution >= 0.6 is 0 Å². The molecular weight excluding hydrogens is 302 g/mol. The third-order valence-electron chi connectivity index (χ3n) is 2.75. The van der Waals surface area contributed by atoms with Crippen LogP contribution < -0.4 is 5.73 Å². The van der Waals surface area contributed by atoms with Crippen LogP contribution in [0, 0.1) is 0 Å². The summed E-state index contributed by atoms with van der Waals surface area (Å²) in [7, 11) is -5.66. The Hall–Kier alpha value is -0.960. The highest BCUT2D eigenvalue weighted by Crippen LogP contribution is 2.13. The van der Waals surface area contributed by atoms with Gasteiger partial charge in [-0.25, -0.2) is 16.8 Å². The van der Waals surface area contributed by atoms with Crippen molar-refractivity contribution in [3.63, 3.8) is 0 Å². The zero-order chi connectivity index (χ0) is 15.2. The Labute approximate surface area is 119 Å². The molecule has 1 rings (SSSR count). The van der Waals surface area contributed by atoms with E-state index in [1.54, 1.807) is 12.1 Å². The minimum absolute atomic E-state index is 0.0606. The molecule has 1 aromatic carbocycles. The van der Waals surface area contributed by atoms with Gasteiger partial charge in [-0.1, -0.05) is 12.1 Å². The van der Waals surface area contributed by atoms with Crippen molar-refractivity contribution in [1.82, 2.24) is 0 Å². The van der Waals surface area contributed by atoms with Crippen LogP contribution in [0.1, 0.15) is 5.56 Å². The van der Waals surface area contributed by atoms with E-state index in [0.717, 1.165) is 0 Å². The van der Waals surface area contributed by atoms with Crippen LogP contribution in [0.15, 0.2) is 29.2 Å². The Morgan fingerprint density at radius 2 is 1.80 bits per heavy atom. The van der Waals surface area contributed by atoms with Crippen LogP contribution in [0.25, 0.3) is 0 Å². The fourth-order valence-corrected chi connectivity index (χ4v) is 4.90. The molecule has 0 aromatic heterocycles. The molecule has 1 aromatic rings. The first-order valence-corrected chi connectivity index (χ1v) is 9.49. The predicted octanol–water partition coefficient (Wildman–Crippen LogP) is -0.0198. The summed E-state index contributed by atoms with van der Waals surface area (Å²) in [6, 6.07) is 6.22. The Kier molecular flexibility index (Phi) is 6.12. The van der Waals surface area contributed by atoms with E-state index in [1.165, 1.54) is 19.2 Å². The molecular formula is C12H19NO5S2. The van der Waals surface area contributed by atoms with Crippen molar-refractivity contribution < 1.29 is 21.6 Å². The minimum Gasteiger partial charge on any atom is -0.384 e. The van der Waals surface area contributed by atoms with Gasteiger partial charge in [-0.15, -0.1) is 0 Å². The van der Waals surface area contributed by atoms with Crippen molar-refractivity contribution in [2.24, 2.45) is 5.73 Å². The SMILES string of the molecule is COCCS(=O)(=O)CCS(=O)(=O)c1cccc(CN)c1. The molecule has 0 saturated heterocycles. The maximum Gasteiger partial charge on any atom is 0.179 e. The second-order valence-corrected chi connectivity index (χ2v) is 8.73. The van der Waals surface area contributed by atoms with E-state index in [9.17, 15) is 16.8 Å². The number of nitrogens with two attached hydrogens (primary N) is 1. The van der Waals surface area contributed by atoms with Crippen molar-refractivity contribution in [2.75, 3.05) is 31.0 Å². The summed E-state index contributed by atoms with van der Waals surface area (Å²) < 4.78 is 52.1. The fourth-order valence-electron chi connectivity index (χ4n) is 1.53. The smallest absolute Gasteiger partial charge is 0.179 e. The summed E-state index contributed by atoms with van der Waals surface area (Å²) in [5.74, 6) is -1.03. The third kappa shape index (κ3) is 5.20. The molecule has 114 valence electrons. The van der Waals surface area contributed by atoms with Crippen molar-refractivity contribution in [3.05, 3.63) is 29.8 Å². The number of ether oxygens (including phenoxy) is 1. The summed E-state index contributed by atoms with van der Waals surface area (Å²) in [5, 5.41) is 0. The van der Waals surface area contributed by atoms with Crippen LogP contribution in [-0.4, -0.2) is 47.8 Å². The Bertz CT molecular complexity index is 638. The maximum atomic E-state index is 12.1. The number of rotatable bonds is 8. The number of sulfone groups is 2. The molecule has 0 amide bonds. The van der Waals surface area contributed by atoms with Crippen molar-refractivity contribution in [2.45, 2.75) is 11.4 Å². The lowest BCUT2D eigenvalue weighted by atomic mass is 10.2. The standard InChI is InChI=1S/C12H19NO5S2/c1-18-5-6-19(14,15)7-8-20(16,17)12-4-2-3-11(9-12)10-13/h2-4,9H,5-8,10,13H2,1H3. The zero-order valence-corrected chi connectivity index (χ0v) is 12.9. The van der Waals surface area contributed by atoms with Crippen molar-refractivity contribution in [1.29, 1.82) is 0 Å². The molecule has 0 fully saturated rings. The van der Waals surface area contributed by atoms with Crippen LogP contribution in [-0.2, 0) is 31.0 Å². The van der Waals surface area contributed by atoms with Crippen molar-refractivity contribution >= 4 is 19.7 Å². The van der Waals surface area contributed by atoms with Gasteiger partial charge in [0.25, 0.3) is 0 Å². The van der Waals surface area contributed by atoms with Gasteiger partial charge in [0.15, 0.2) is 19.7 Å². The largest absolute Gasteiger partial charge is 0.384 e. The van der Waals surface area contributed by atoms with E-state index in [1.807, 2.05) is 0 Å². The summed E-state index contributed by atoms with van der Waals surface area (Å²) in [4.78, 5) is 0.0994. The van der Waals surface area contributed by atoms with Gasteiger partial charge in [-0.2, -0.15) is 0 Å². The van der Waals surface area contributed by atoms with Crippen LogP contribution in [0.3, 0.4) is 0 Å². The first kappa shape index (κ1) is 17.1. The second kappa shape index (κ2) is 7.16. The number of hydrogen-bond donors (Lipinski definition) is 1. The van der Waals surface area contributed by atoms with Crippen LogP contribution in [0.5, 0.6) is 0 Å². The predicted molar refractivity (Wildman–Crippen MR) is 76.9 cm³/mol. The Morgan fingerprint density at radius 3 is 2.40 bits per heavy atom. The van der Waals surface area contributed by atoms with Gasteiger partial charge < -0.3 is 10.5 Å². The molecule has 6 nitrogen and oxygen atoms in total. The summed E-state index contributed by atoms with van der Waals surface area (Å²) in [6.45, 7) is 0.292. The van der Waals surface area contributed by atoms with Crippen molar-refractivity contribution in [3.8, 4) is 0 Å². The van der Waals surface area contributed by atoms with Gasteiger partial charge in [0.1, 0.15) is 0 Å². The first-order valence-electron chi connectivity index (χ1n) is 6.02. The molecule has 8 heteroatoms. The zero-order valence-electron chi connectivity index (χ0n) is 11.3. The average Bonchev–Trinajstić information content (AvgIpc) is 2.43. The topological polar surface area (TPSA) is 104 Å². The quantitative estimate of drug-likeness (QED) is 0.722. The van der Waals surface area contributed by atoms with E-state index in [-0.39, 0.29) is 23.8 Å². The second-order valence-electron chi connectivity index (χ2n) is 4.32. The molecule has 0 aliphatic rings. The molecule has 0 saturated carbocycles. The summed E-state index contributed by atoms with van der Waals surface area (Å²) in [6.07, 6.45) is 0. The van der Waals surface area contributed by atoms with E-state index < -0.39 is 31.2 Å². The monoisotopic (exact) mass is 321 g/mol. The maximum absolute atomic E-state index is 12.1. The van der Waals surface area contributed by atoms with Crippen LogP contribution in [0.4, 0.5) is 0 Å².